The van der Waals surface area contributed by atoms with E-state index in [2.05, 4.69) is 20.7 Å². The summed E-state index contributed by atoms with van der Waals surface area (Å²) < 4.78 is 27.0. The number of halogens is 1. The maximum atomic E-state index is 12.0. The van der Waals surface area contributed by atoms with E-state index in [0.29, 0.717) is 3.79 Å². The molecule has 1 heterocycles. The molecular formula is C10H14BrNO4S2. The number of sulfonamides is 1. The lowest BCUT2D eigenvalue weighted by Gasteiger charge is -2.27. The fourth-order valence-corrected chi connectivity index (χ4v) is 4.67. The van der Waals surface area contributed by atoms with Gasteiger partial charge >= 0.3 is 5.97 Å². The van der Waals surface area contributed by atoms with E-state index in [1.165, 1.54) is 6.07 Å². The molecule has 18 heavy (non-hydrogen) atoms. The molecule has 102 valence electrons. The molecule has 0 amide bonds. The van der Waals surface area contributed by atoms with Crippen LogP contribution in [-0.2, 0) is 14.8 Å². The third-order valence-corrected chi connectivity index (χ3v) is 5.74. The molecule has 0 aromatic carbocycles. The average Bonchev–Trinajstić information content (AvgIpc) is 2.60. The normalized spacial score (nSPS) is 14.4. The summed E-state index contributed by atoms with van der Waals surface area (Å²) in [7, 11) is -3.81. The third-order valence-electron chi connectivity index (χ3n) is 2.20. The minimum atomic E-state index is -3.81. The largest absolute Gasteiger partial charge is 0.480 e. The number of thiophene rings is 1. The number of carbonyl (C=O) groups is 1. The lowest BCUT2D eigenvalue weighted by atomic mass is 9.88. The Balaban J connectivity index is 3.05. The summed E-state index contributed by atoms with van der Waals surface area (Å²) in [5.74, 6) is -1.19. The highest BCUT2D eigenvalue weighted by Gasteiger charge is 2.35. The van der Waals surface area contributed by atoms with Crippen LogP contribution in [0.25, 0.3) is 0 Å². The van der Waals surface area contributed by atoms with Crippen LogP contribution in [0, 0.1) is 5.41 Å². The average molecular weight is 356 g/mol. The Morgan fingerprint density at radius 1 is 1.44 bits per heavy atom. The van der Waals surface area contributed by atoms with Crippen LogP contribution in [0.1, 0.15) is 20.8 Å². The topological polar surface area (TPSA) is 83.5 Å². The molecule has 5 nitrogen and oxygen atoms in total. The lowest BCUT2D eigenvalue weighted by Crippen LogP contribution is -2.48. The van der Waals surface area contributed by atoms with Crippen molar-refractivity contribution in [3.8, 4) is 0 Å². The van der Waals surface area contributed by atoms with Crippen molar-refractivity contribution in [2.45, 2.75) is 31.0 Å². The first-order chi connectivity index (χ1) is 8.04. The molecule has 0 aliphatic rings. The van der Waals surface area contributed by atoms with E-state index in [0.717, 1.165) is 11.3 Å². The second-order valence-corrected chi connectivity index (χ2v) is 9.22. The predicted molar refractivity (Wildman–Crippen MR) is 73.2 cm³/mol. The van der Waals surface area contributed by atoms with E-state index >= 15 is 0 Å². The number of nitrogens with one attached hydrogen (secondary N) is 1. The van der Waals surface area contributed by atoms with Gasteiger partial charge in [0.2, 0.25) is 0 Å². The predicted octanol–water partition coefficient (Wildman–Crippen LogP) is 2.29. The van der Waals surface area contributed by atoms with Gasteiger partial charge in [-0.1, -0.05) is 20.8 Å². The quantitative estimate of drug-likeness (QED) is 0.867. The first-order valence-corrected chi connectivity index (χ1v) is 8.14. The standard InChI is InChI=1S/C10H14BrNO4S2/c1-10(2,3)8(9(13)14)12-18(15,16)7-5-4-6(11)17-7/h4-5,8,12H,1-3H3,(H,13,14)/t8-/m1/s1. The van der Waals surface area contributed by atoms with E-state index < -0.39 is 27.4 Å². The van der Waals surface area contributed by atoms with Gasteiger partial charge in [-0.3, -0.25) is 4.79 Å². The molecule has 1 aromatic rings. The van der Waals surface area contributed by atoms with Gasteiger partial charge in [-0.25, -0.2) is 8.42 Å². The fourth-order valence-electron chi connectivity index (χ4n) is 1.25. The van der Waals surface area contributed by atoms with Gasteiger partial charge in [0.15, 0.2) is 0 Å². The highest BCUT2D eigenvalue weighted by Crippen LogP contribution is 2.27. The Kier molecular flexibility index (Phi) is 4.58. The maximum absolute atomic E-state index is 12.0. The van der Waals surface area contributed by atoms with Crippen molar-refractivity contribution in [2.75, 3.05) is 0 Å². The van der Waals surface area contributed by atoms with Gasteiger partial charge < -0.3 is 5.11 Å². The molecule has 0 bridgehead atoms. The number of hydrogen-bond donors (Lipinski definition) is 2. The Labute approximate surface area is 118 Å². The first kappa shape index (κ1) is 15.6. The zero-order valence-corrected chi connectivity index (χ0v) is 13.3. The van der Waals surface area contributed by atoms with Crippen LogP contribution in [0.15, 0.2) is 20.1 Å². The summed E-state index contributed by atoms with van der Waals surface area (Å²) in [5.41, 5.74) is -0.715. The summed E-state index contributed by atoms with van der Waals surface area (Å²) >= 11 is 4.20. The molecular weight excluding hydrogens is 342 g/mol. The summed E-state index contributed by atoms with van der Waals surface area (Å²) in [4.78, 5) is 11.1. The smallest absolute Gasteiger partial charge is 0.322 e. The van der Waals surface area contributed by atoms with Crippen LogP contribution in [0.4, 0.5) is 0 Å². The van der Waals surface area contributed by atoms with Crippen molar-refractivity contribution in [1.29, 1.82) is 0 Å². The highest BCUT2D eigenvalue weighted by atomic mass is 79.9. The van der Waals surface area contributed by atoms with Gasteiger partial charge in [-0.15, -0.1) is 11.3 Å². The second kappa shape index (κ2) is 5.28. The van der Waals surface area contributed by atoms with E-state index in [-0.39, 0.29) is 4.21 Å². The summed E-state index contributed by atoms with van der Waals surface area (Å²) in [6, 6.07) is 1.86. The Morgan fingerprint density at radius 2 is 2.00 bits per heavy atom. The van der Waals surface area contributed by atoms with Crippen molar-refractivity contribution < 1.29 is 18.3 Å². The summed E-state index contributed by atoms with van der Waals surface area (Å²) in [6.07, 6.45) is 0. The monoisotopic (exact) mass is 355 g/mol. The van der Waals surface area contributed by atoms with Crippen LogP contribution in [0.2, 0.25) is 0 Å². The van der Waals surface area contributed by atoms with Gasteiger partial charge in [0.25, 0.3) is 10.0 Å². The summed E-state index contributed by atoms with van der Waals surface area (Å²) in [6.45, 7) is 5.00. The van der Waals surface area contributed by atoms with E-state index in [1.54, 1.807) is 26.8 Å². The third kappa shape index (κ3) is 3.78. The van der Waals surface area contributed by atoms with Crippen LogP contribution < -0.4 is 4.72 Å². The van der Waals surface area contributed by atoms with E-state index in [1.807, 2.05) is 0 Å². The molecule has 0 saturated heterocycles. The minimum absolute atomic E-state index is 0.0878. The number of rotatable bonds is 4. The molecule has 8 heteroatoms. The molecule has 0 aliphatic heterocycles. The molecule has 0 saturated carbocycles. The number of hydrogen-bond acceptors (Lipinski definition) is 4. The van der Waals surface area contributed by atoms with Crippen molar-refractivity contribution in [1.82, 2.24) is 4.72 Å². The lowest BCUT2D eigenvalue weighted by molar-refractivity contribution is -0.141. The van der Waals surface area contributed by atoms with Crippen LogP contribution in [-0.4, -0.2) is 25.5 Å². The Hall–Kier alpha value is -0.440. The molecule has 0 fully saturated rings. The minimum Gasteiger partial charge on any atom is -0.480 e. The maximum Gasteiger partial charge on any atom is 0.322 e. The molecule has 0 spiro atoms. The Bertz CT molecular complexity index is 544. The van der Waals surface area contributed by atoms with Gasteiger partial charge in [0, 0.05) is 0 Å². The van der Waals surface area contributed by atoms with Crippen LogP contribution >= 0.6 is 27.3 Å². The van der Waals surface area contributed by atoms with Crippen molar-refractivity contribution >= 4 is 43.3 Å². The fraction of sp³-hybridized carbons (Fsp3) is 0.500. The number of carboxylic acid groups (broad SMARTS) is 1. The van der Waals surface area contributed by atoms with Crippen LogP contribution in [0.3, 0.4) is 0 Å². The zero-order valence-electron chi connectivity index (χ0n) is 10.1. The van der Waals surface area contributed by atoms with E-state index in [4.69, 9.17) is 5.11 Å². The SMILES string of the molecule is CC(C)(C)[C@H](NS(=O)(=O)c1ccc(Br)s1)C(=O)O. The molecule has 0 aliphatic carbocycles. The second-order valence-electron chi connectivity index (χ2n) is 4.82. The van der Waals surface area contributed by atoms with Crippen molar-refractivity contribution in [2.24, 2.45) is 5.41 Å². The summed E-state index contributed by atoms with van der Waals surface area (Å²) in [5, 5.41) is 9.09. The van der Waals surface area contributed by atoms with Gasteiger partial charge in [-0.05, 0) is 33.5 Å². The van der Waals surface area contributed by atoms with Crippen LogP contribution in [0.5, 0.6) is 0 Å². The van der Waals surface area contributed by atoms with Gasteiger partial charge in [-0.2, -0.15) is 4.72 Å². The van der Waals surface area contributed by atoms with E-state index in [9.17, 15) is 13.2 Å². The van der Waals surface area contributed by atoms with Gasteiger partial charge in [0.05, 0.1) is 3.79 Å². The molecule has 0 unspecified atom stereocenters. The molecule has 0 radical (unpaired) electrons. The molecule has 1 aromatic heterocycles. The zero-order chi connectivity index (χ0) is 14.1. The molecule has 1 rings (SSSR count). The van der Waals surface area contributed by atoms with Crippen molar-refractivity contribution in [3.63, 3.8) is 0 Å². The highest BCUT2D eigenvalue weighted by molar-refractivity contribution is 9.11. The first-order valence-electron chi connectivity index (χ1n) is 5.04. The van der Waals surface area contributed by atoms with Gasteiger partial charge in [0.1, 0.15) is 10.3 Å². The number of carboxylic acids is 1. The molecule has 1 atom stereocenters. The van der Waals surface area contributed by atoms with Crippen molar-refractivity contribution in [3.05, 3.63) is 15.9 Å². The molecule has 2 N–H and O–H groups in total. The Morgan fingerprint density at radius 3 is 2.33 bits per heavy atom. The number of aliphatic carboxylic acids is 1.